The van der Waals surface area contributed by atoms with Gasteiger partial charge < -0.3 is 60.6 Å². The number of methoxy groups -OCH3 is 1. The fraction of sp³-hybridized carbons (Fsp3) is 0.609. The minimum absolute atomic E-state index is 0.843. The number of aliphatic hydroxyl groups excluding tert-OH is 5. The minimum Gasteiger partial charge on any atom is -0.478 e. The van der Waals surface area contributed by atoms with Crippen molar-refractivity contribution in [2.45, 2.75) is 60.9 Å². The number of amides is 2. The number of benzene rings is 1. The molecule has 0 unspecified atom stereocenters. The number of carboxylic acids is 1. The molecule has 0 aliphatic carbocycles. The highest BCUT2D eigenvalue weighted by Crippen LogP contribution is 2.45. The number of aliphatic hydroxyl groups is 6. The van der Waals surface area contributed by atoms with Crippen LogP contribution in [0.3, 0.4) is 0 Å². The smallest absolute Gasteiger partial charge is 0.339 e. The Bertz CT molecular complexity index is 1240. The van der Waals surface area contributed by atoms with Gasteiger partial charge in [0.25, 0.3) is 5.91 Å². The highest BCUT2D eigenvalue weighted by molar-refractivity contribution is 6.05. The maximum Gasteiger partial charge on any atom is 0.339 e. The van der Waals surface area contributed by atoms with E-state index in [0.717, 1.165) is 14.0 Å². The summed E-state index contributed by atoms with van der Waals surface area (Å²) in [4.78, 5) is 37.2. The Hall–Kier alpha value is -3.01. The number of carboxylic acid groups (broad SMARTS) is 1. The number of hydrogen-bond donors (Lipinski definition) is 9. The standard InChI is InChI=1S/C23H28F4N2O13/c1-6(32)29-22(18(35)16(34)8(3-30)42-21(22)40-2)23(39)9(4-31)41-5-7(33)17(23)28-19(36)10-11(20(37)38)13(25)15(27)14(26)12(10)24/h7-9,16-18,21,30-31,33-35,39H,3-5H2,1-2H3,(H,28,36)(H,29,32)(H,37,38)/t7-,8+,9+,16+,17-,18-,21-,22+,23+/m0/s1. The average molecular weight is 616 g/mol. The molecule has 1 aromatic carbocycles. The highest BCUT2D eigenvalue weighted by atomic mass is 19.2. The zero-order chi connectivity index (χ0) is 31.9. The van der Waals surface area contributed by atoms with E-state index < -0.39 is 126 Å². The predicted octanol–water partition coefficient (Wildman–Crippen LogP) is -3.52. The third kappa shape index (κ3) is 4.99. The molecule has 19 heteroatoms. The first-order valence-corrected chi connectivity index (χ1v) is 12.0. The van der Waals surface area contributed by atoms with Crippen LogP contribution in [0, 0.1) is 23.3 Å². The molecular formula is C23H28F4N2O13. The molecule has 2 heterocycles. The van der Waals surface area contributed by atoms with Gasteiger partial charge in [-0.2, -0.15) is 0 Å². The van der Waals surface area contributed by atoms with Crippen molar-refractivity contribution in [2.24, 2.45) is 0 Å². The van der Waals surface area contributed by atoms with Gasteiger partial charge in [-0.3, -0.25) is 9.59 Å². The number of halogens is 4. The Morgan fingerprint density at radius 1 is 1.00 bits per heavy atom. The largest absolute Gasteiger partial charge is 0.478 e. The van der Waals surface area contributed by atoms with Crippen LogP contribution in [-0.4, -0.2) is 134 Å². The van der Waals surface area contributed by atoms with Crippen LogP contribution in [0.5, 0.6) is 0 Å². The summed E-state index contributed by atoms with van der Waals surface area (Å²) < 4.78 is 72.8. The van der Waals surface area contributed by atoms with Crippen molar-refractivity contribution in [3.05, 3.63) is 34.4 Å². The molecule has 2 aliphatic rings. The van der Waals surface area contributed by atoms with E-state index in [1.54, 1.807) is 5.32 Å². The summed E-state index contributed by atoms with van der Waals surface area (Å²) in [5.74, 6) is -15.7. The van der Waals surface area contributed by atoms with Crippen molar-refractivity contribution in [2.75, 3.05) is 26.9 Å². The molecule has 1 aromatic rings. The van der Waals surface area contributed by atoms with E-state index in [1.807, 2.05) is 0 Å². The van der Waals surface area contributed by atoms with Gasteiger partial charge in [-0.15, -0.1) is 0 Å². The number of ether oxygens (including phenoxy) is 3. The topological polar surface area (TPSA) is 245 Å². The van der Waals surface area contributed by atoms with Crippen molar-refractivity contribution < 1.29 is 81.9 Å². The number of carbonyl (C=O) groups excluding carboxylic acids is 2. The Labute approximate surface area is 233 Å². The van der Waals surface area contributed by atoms with Gasteiger partial charge in [-0.25, -0.2) is 22.4 Å². The Morgan fingerprint density at radius 2 is 1.57 bits per heavy atom. The van der Waals surface area contributed by atoms with Crippen molar-refractivity contribution >= 4 is 17.8 Å². The fourth-order valence-electron chi connectivity index (χ4n) is 5.41. The molecule has 0 saturated carbocycles. The summed E-state index contributed by atoms with van der Waals surface area (Å²) in [5, 5.41) is 77.9. The molecule has 15 nitrogen and oxygen atoms in total. The van der Waals surface area contributed by atoms with Gasteiger partial charge in [0.2, 0.25) is 5.91 Å². The van der Waals surface area contributed by atoms with Gasteiger partial charge in [-0.1, -0.05) is 0 Å². The lowest BCUT2D eigenvalue weighted by Crippen LogP contribution is -2.90. The first-order chi connectivity index (χ1) is 19.6. The van der Waals surface area contributed by atoms with Crippen LogP contribution in [0.2, 0.25) is 0 Å². The maximum atomic E-state index is 14.7. The first kappa shape index (κ1) is 33.5. The lowest BCUT2D eigenvalue weighted by atomic mass is 9.62. The summed E-state index contributed by atoms with van der Waals surface area (Å²) in [5.41, 5.74) is -10.1. The van der Waals surface area contributed by atoms with E-state index >= 15 is 0 Å². The third-order valence-electron chi connectivity index (χ3n) is 7.26. The SMILES string of the molecule is CO[C@H]1O[C@H](CO)[C@@H](O)[C@H](O)[C@]1(NC(C)=O)[C@@]1(O)[C@@H](CO)OC[C@H](O)[C@@H]1NC(=O)c1c(F)c(F)c(F)c(F)c1C(=O)O. The number of rotatable bonds is 8. The molecular weight excluding hydrogens is 588 g/mol. The minimum atomic E-state index is -3.29. The quantitative estimate of drug-likeness (QED) is 0.0783. The molecule has 42 heavy (non-hydrogen) atoms. The molecule has 2 amide bonds. The molecule has 0 aromatic heterocycles. The van der Waals surface area contributed by atoms with Gasteiger partial charge in [-0.05, 0) is 0 Å². The van der Waals surface area contributed by atoms with E-state index in [-0.39, 0.29) is 0 Å². The van der Waals surface area contributed by atoms with Crippen molar-refractivity contribution in [1.29, 1.82) is 0 Å². The van der Waals surface area contributed by atoms with Gasteiger partial charge in [0, 0.05) is 14.0 Å². The second kappa shape index (κ2) is 12.3. The summed E-state index contributed by atoms with van der Waals surface area (Å²) in [7, 11) is 0.906. The predicted molar refractivity (Wildman–Crippen MR) is 124 cm³/mol. The Morgan fingerprint density at radius 3 is 2.05 bits per heavy atom. The lowest BCUT2D eigenvalue weighted by molar-refractivity contribution is -0.352. The molecule has 0 radical (unpaired) electrons. The zero-order valence-corrected chi connectivity index (χ0v) is 21.8. The summed E-state index contributed by atoms with van der Waals surface area (Å²) in [6, 6.07) is -2.41. The number of aromatic carboxylic acids is 1. The Kier molecular flexibility index (Phi) is 9.81. The van der Waals surface area contributed by atoms with Gasteiger partial charge in [0.1, 0.15) is 41.7 Å². The second-order valence-corrected chi connectivity index (χ2v) is 9.57. The highest BCUT2D eigenvalue weighted by Gasteiger charge is 2.73. The fourth-order valence-corrected chi connectivity index (χ4v) is 5.41. The van der Waals surface area contributed by atoms with Crippen LogP contribution in [0.1, 0.15) is 27.6 Å². The maximum absolute atomic E-state index is 14.7. The van der Waals surface area contributed by atoms with E-state index in [1.165, 1.54) is 0 Å². The van der Waals surface area contributed by atoms with Crippen LogP contribution in [-0.2, 0) is 19.0 Å². The molecule has 2 fully saturated rings. The van der Waals surface area contributed by atoms with E-state index in [0.29, 0.717) is 0 Å². The molecule has 9 atom stereocenters. The third-order valence-corrected chi connectivity index (χ3v) is 7.26. The molecule has 236 valence electrons. The number of hydrogen-bond acceptors (Lipinski definition) is 12. The second-order valence-electron chi connectivity index (χ2n) is 9.57. The molecule has 9 N–H and O–H groups in total. The molecule has 0 spiro atoms. The number of nitrogens with one attached hydrogen (secondary N) is 2. The van der Waals surface area contributed by atoms with Crippen LogP contribution in [0.25, 0.3) is 0 Å². The molecule has 0 bridgehead atoms. The van der Waals surface area contributed by atoms with E-state index in [4.69, 9.17) is 14.2 Å². The van der Waals surface area contributed by atoms with Crippen LogP contribution >= 0.6 is 0 Å². The Balaban J connectivity index is 2.31. The van der Waals surface area contributed by atoms with Crippen LogP contribution in [0.4, 0.5) is 17.6 Å². The molecule has 3 rings (SSSR count). The van der Waals surface area contributed by atoms with Gasteiger partial charge in [0.15, 0.2) is 35.1 Å². The van der Waals surface area contributed by atoms with Gasteiger partial charge >= 0.3 is 5.97 Å². The summed E-state index contributed by atoms with van der Waals surface area (Å²) in [6.45, 7) is -2.19. The van der Waals surface area contributed by atoms with Crippen molar-refractivity contribution in [3.8, 4) is 0 Å². The van der Waals surface area contributed by atoms with Crippen molar-refractivity contribution in [1.82, 2.24) is 10.6 Å². The summed E-state index contributed by atoms with van der Waals surface area (Å²) >= 11 is 0. The van der Waals surface area contributed by atoms with Crippen LogP contribution in [0.15, 0.2) is 0 Å². The normalized spacial score (nSPS) is 35.0. The zero-order valence-electron chi connectivity index (χ0n) is 21.8. The summed E-state index contributed by atoms with van der Waals surface area (Å²) in [6.07, 6.45) is -12.5. The van der Waals surface area contributed by atoms with Crippen LogP contribution < -0.4 is 10.6 Å². The molecule has 2 aliphatic heterocycles. The van der Waals surface area contributed by atoms with Gasteiger partial charge in [0.05, 0.1) is 31.4 Å². The number of carbonyl (C=O) groups is 3. The van der Waals surface area contributed by atoms with Crippen molar-refractivity contribution in [3.63, 3.8) is 0 Å². The molecule has 2 saturated heterocycles. The van der Waals surface area contributed by atoms with E-state index in [2.05, 4.69) is 5.32 Å². The average Bonchev–Trinajstić information content (AvgIpc) is 2.93. The lowest BCUT2D eigenvalue weighted by Gasteiger charge is -2.62. The monoisotopic (exact) mass is 616 g/mol. The first-order valence-electron chi connectivity index (χ1n) is 12.0. The van der Waals surface area contributed by atoms with E-state index in [9.17, 15) is 67.7 Å².